The number of para-hydroxylation sites is 1. The zero-order chi connectivity index (χ0) is 15.5. The first-order valence-corrected chi connectivity index (χ1v) is 8.12. The maximum Gasteiger partial charge on any atom is 0.238 e. The van der Waals surface area contributed by atoms with Crippen molar-refractivity contribution in [2.24, 2.45) is 0 Å². The van der Waals surface area contributed by atoms with E-state index in [-0.39, 0.29) is 24.1 Å². The molecule has 0 saturated carbocycles. The number of hydrogen-bond acceptors (Lipinski definition) is 4. The number of amides is 3. The molecule has 0 aliphatic carbocycles. The van der Waals surface area contributed by atoms with Gasteiger partial charge in [0.2, 0.25) is 17.7 Å². The highest BCUT2D eigenvalue weighted by Gasteiger charge is 2.30. The van der Waals surface area contributed by atoms with E-state index in [1.807, 2.05) is 24.3 Å². The van der Waals surface area contributed by atoms with Crippen LogP contribution in [0, 0.1) is 0 Å². The second-order valence-electron chi connectivity index (χ2n) is 5.28. The number of fused-ring (bicyclic) bond motifs is 1. The summed E-state index contributed by atoms with van der Waals surface area (Å²) in [4.78, 5) is 38.5. The molecule has 1 aromatic rings. The molecule has 0 bridgehead atoms. The number of carbonyl (C=O) groups excluding carboxylic acids is 3. The SMILES string of the molecule is O=C1CCN(C(=O)C[C@@H]2Sc3ccccc3NC2=O)CCN1. The average molecular weight is 319 g/mol. The number of thioether (sulfide) groups is 1. The standard InChI is InChI=1S/C15H17N3O3S/c19-13-5-7-18(8-6-16-13)14(20)9-12-15(21)17-10-3-1-2-4-11(10)22-12/h1-4,12H,5-9H2,(H,16,19)(H,17,21)/t12-/m0/s1. The van der Waals surface area contributed by atoms with E-state index < -0.39 is 5.25 Å². The van der Waals surface area contributed by atoms with Crippen LogP contribution in [0.15, 0.2) is 29.2 Å². The quantitative estimate of drug-likeness (QED) is 0.847. The predicted octanol–water partition coefficient (Wildman–Crippen LogP) is 0.838. The number of nitrogens with one attached hydrogen (secondary N) is 2. The maximum absolute atomic E-state index is 12.4. The van der Waals surface area contributed by atoms with Gasteiger partial charge in [-0.15, -0.1) is 11.8 Å². The van der Waals surface area contributed by atoms with Crippen LogP contribution in [-0.4, -0.2) is 47.5 Å². The van der Waals surface area contributed by atoms with Gasteiger partial charge in [-0.1, -0.05) is 12.1 Å². The van der Waals surface area contributed by atoms with Crippen molar-refractivity contribution in [1.29, 1.82) is 0 Å². The molecular weight excluding hydrogens is 302 g/mol. The topological polar surface area (TPSA) is 78.5 Å². The Morgan fingerprint density at radius 1 is 1.27 bits per heavy atom. The number of rotatable bonds is 2. The fourth-order valence-electron chi connectivity index (χ4n) is 2.53. The first kappa shape index (κ1) is 14.9. The van der Waals surface area contributed by atoms with Crippen LogP contribution in [0.2, 0.25) is 0 Å². The van der Waals surface area contributed by atoms with Crippen molar-refractivity contribution >= 4 is 35.2 Å². The van der Waals surface area contributed by atoms with Gasteiger partial charge in [0, 0.05) is 37.4 Å². The Labute approximate surface area is 132 Å². The van der Waals surface area contributed by atoms with E-state index in [1.165, 1.54) is 11.8 Å². The fraction of sp³-hybridized carbons (Fsp3) is 0.400. The molecule has 6 nitrogen and oxygen atoms in total. The van der Waals surface area contributed by atoms with Crippen LogP contribution < -0.4 is 10.6 Å². The molecule has 22 heavy (non-hydrogen) atoms. The summed E-state index contributed by atoms with van der Waals surface area (Å²) in [5.74, 6) is -0.251. The lowest BCUT2D eigenvalue weighted by Crippen LogP contribution is -2.39. The van der Waals surface area contributed by atoms with Crippen LogP contribution in [0.25, 0.3) is 0 Å². The van der Waals surface area contributed by atoms with Crippen molar-refractivity contribution in [1.82, 2.24) is 10.2 Å². The van der Waals surface area contributed by atoms with E-state index in [1.54, 1.807) is 4.90 Å². The van der Waals surface area contributed by atoms with Crippen molar-refractivity contribution in [2.75, 3.05) is 25.0 Å². The molecule has 2 aliphatic heterocycles. The molecule has 3 amide bonds. The third-order valence-electron chi connectivity index (χ3n) is 3.73. The van der Waals surface area contributed by atoms with Gasteiger partial charge >= 0.3 is 0 Å². The molecule has 2 heterocycles. The Morgan fingerprint density at radius 3 is 2.95 bits per heavy atom. The molecule has 1 fully saturated rings. The van der Waals surface area contributed by atoms with Crippen LogP contribution in [0.1, 0.15) is 12.8 Å². The third kappa shape index (κ3) is 3.24. The lowest BCUT2D eigenvalue weighted by Gasteiger charge is -2.26. The summed E-state index contributed by atoms with van der Waals surface area (Å²) in [5.41, 5.74) is 0.797. The Bertz CT molecular complexity index is 620. The molecular formula is C15H17N3O3S. The molecule has 1 saturated heterocycles. The lowest BCUT2D eigenvalue weighted by molar-refractivity contribution is -0.132. The smallest absolute Gasteiger partial charge is 0.238 e. The summed E-state index contributed by atoms with van der Waals surface area (Å²) in [6.45, 7) is 1.39. The molecule has 2 N–H and O–H groups in total. The molecule has 116 valence electrons. The molecule has 0 spiro atoms. The fourth-order valence-corrected chi connectivity index (χ4v) is 3.63. The van der Waals surface area contributed by atoms with Crippen LogP contribution in [-0.2, 0) is 14.4 Å². The summed E-state index contributed by atoms with van der Waals surface area (Å²) >= 11 is 1.42. The highest BCUT2D eigenvalue weighted by atomic mass is 32.2. The summed E-state index contributed by atoms with van der Waals surface area (Å²) < 4.78 is 0. The molecule has 7 heteroatoms. The highest BCUT2D eigenvalue weighted by molar-refractivity contribution is 8.01. The zero-order valence-corrected chi connectivity index (χ0v) is 12.8. The minimum atomic E-state index is -0.422. The van der Waals surface area contributed by atoms with E-state index in [4.69, 9.17) is 0 Å². The van der Waals surface area contributed by atoms with E-state index in [0.29, 0.717) is 26.1 Å². The predicted molar refractivity (Wildman–Crippen MR) is 83.5 cm³/mol. The normalized spacial score (nSPS) is 21.5. The summed E-state index contributed by atoms with van der Waals surface area (Å²) in [6, 6.07) is 7.57. The van der Waals surface area contributed by atoms with Gasteiger partial charge < -0.3 is 15.5 Å². The van der Waals surface area contributed by atoms with Gasteiger partial charge in [-0.25, -0.2) is 0 Å². The third-order valence-corrected chi connectivity index (χ3v) is 5.01. The van der Waals surface area contributed by atoms with Crippen molar-refractivity contribution < 1.29 is 14.4 Å². The number of benzene rings is 1. The number of nitrogens with zero attached hydrogens (tertiary/aromatic N) is 1. The Kier molecular flexibility index (Phi) is 4.33. The van der Waals surface area contributed by atoms with Crippen molar-refractivity contribution in [3.05, 3.63) is 24.3 Å². The largest absolute Gasteiger partial charge is 0.354 e. The number of anilines is 1. The molecule has 1 atom stereocenters. The minimum absolute atomic E-state index is 0.0333. The molecule has 2 aliphatic rings. The van der Waals surface area contributed by atoms with Gasteiger partial charge in [-0.05, 0) is 12.1 Å². The maximum atomic E-state index is 12.4. The highest BCUT2D eigenvalue weighted by Crippen LogP contribution is 2.36. The van der Waals surface area contributed by atoms with E-state index >= 15 is 0 Å². The Morgan fingerprint density at radius 2 is 2.09 bits per heavy atom. The average Bonchev–Trinajstić information content (AvgIpc) is 2.73. The van der Waals surface area contributed by atoms with Crippen LogP contribution in [0.3, 0.4) is 0 Å². The van der Waals surface area contributed by atoms with E-state index in [0.717, 1.165) is 10.6 Å². The van der Waals surface area contributed by atoms with Gasteiger partial charge in [0.25, 0.3) is 0 Å². The van der Waals surface area contributed by atoms with Crippen molar-refractivity contribution in [3.63, 3.8) is 0 Å². The first-order chi connectivity index (χ1) is 10.6. The van der Waals surface area contributed by atoms with Crippen molar-refractivity contribution in [3.8, 4) is 0 Å². The Hall–Kier alpha value is -2.02. The van der Waals surface area contributed by atoms with Gasteiger partial charge in [0.05, 0.1) is 10.9 Å². The number of carbonyl (C=O) groups is 3. The first-order valence-electron chi connectivity index (χ1n) is 7.24. The van der Waals surface area contributed by atoms with Crippen molar-refractivity contribution in [2.45, 2.75) is 23.0 Å². The number of hydrogen-bond donors (Lipinski definition) is 2. The molecule has 1 aromatic carbocycles. The summed E-state index contributed by atoms with van der Waals surface area (Å²) in [6.07, 6.45) is 0.470. The monoisotopic (exact) mass is 319 g/mol. The van der Waals surface area contributed by atoms with Gasteiger partial charge in [-0.2, -0.15) is 0 Å². The molecule has 0 unspecified atom stereocenters. The molecule has 0 aromatic heterocycles. The second kappa shape index (κ2) is 6.39. The summed E-state index contributed by atoms with van der Waals surface area (Å²) in [7, 11) is 0. The second-order valence-corrected chi connectivity index (χ2v) is 6.52. The molecule has 3 rings (SSSR count). The van der Waals surface area contributed by atoms with Crippen LogP contribution >= 0.6 is 11.8 Å². The summed E-state index contributed by atoms with van der Waals surface area (Å²) in [5, 5.41) is 5.16. The van der Waals surface area contributed by atoms with E-state index in [2.05, 4.69) is 10.6 Å². The molecule has 0 radical (unpaired) electrons. The van der Waals surface area contributed by atoms with E-state index in [9.17, 15) is 14.4 Å². The van der Waals surface area contributed by atoms with Crippen LogP contribution in [0.4, 0.5) is 5.69 Å². The zero-order valence-electron chi connectivity index (χ0n) is 12.0. The van der Waals surface area contributed by atoms with Crippen LogP contribution in [0.5, 0.6) is 0 Å². The Balaban J connectivity index is 1.64. The lowest BCUT2D eigenvalue weighted by atomic mass is 10.2. The van der Waals surface area contributed by atoms with Gasteiger partial charge in [0.1, 0.15) is 0 Å². The van der Waals surface area contributed by atoms with Gasteiger partial charge in [-0.3, -0.25) is 14.4 Å². The van der Waals surface area contributed by atoms with Gasteiger partial charge in [0.15, 0.2) is 0 Å². The minimum Gasteiger partial charge on any atom is -0.354 e.